The number of nitrogens with one attached hydrogen (secondary N) is 2. The van der Waals surface area contributed by atoms with Crippen molar-refractivity contribution in [3.05, 3.63) is 30.1 Å². The molecule has 0 saturated carbocycles. The van der Waals surface area contributed by atoms with Gasteiger partial charge in [-0.2, -0.15) is 0 Å². The fourth-order valence-corrected chi connectivity index (χ4v) is 2.78. The highest BCUT2D eigenvalue weighted by molar-refractivity contribution is 5.75. The summed E-state index contributed by atoms with van der Waals surface area (Å²) in [7, 11) is 2.04. The first-order valence-corrected chi connectivity index (χ1v) is 7.17. The van der Waals surface area contributed by atoms with Gasteiger partial charge in [0.2, 0.25) is 0 Å². The largest absolute Gasteiger partial charge is 0.334 e. The van der Waals surface area contributed by atoms with Crippen LogP contribution in [0.25, 0.3) is 11.0 Å². The van der Waals surface area contributed by atoms with E-state index in [1.807, 2.05) is 13.4 Å². The van der Waals surface area contributed by atoms with Crippen LogP contribution in [0.4, 0.5) is 0 Å². The Morgan fingerprint density at radius 2 is 2.21 bits per heavy atom. The Bertz CT molecular complexity index is 540. The summed E-state index contributed by atoms with van der Waals surface area (Å²) in [5.74, 6) is 0. The SMILES string of the molecule is Cn1cnc2cc(CCNC3CCNCC3)ccc21. The lowest BCUT2D eigenvalue weighted by Gasteiger charge is -2.23. The van der Waals surface area contributed by atoms with Gasteiger partial charge < -0.3 is 15.2 Å². The molecule has 2 N–H and O–H groups in total. The van der Waals surface area contributed by atoms with Crippen LogP contribution in [-0.2, 0) is 13.5 Å². The van der Waals surface area contributed by atoms with Crippen LogP contribution in [0.2, 0.25) is 0 Å². The minimum Gasteiger partial charge on any atom is -0.334 e. The maximum atomic E-state index is 4.41. The molecule has 1 aromatic heterocycles. The molecule has 1 fully saturated rings. The predicted molar refractivity (Wildman–Crippen MR) is 78.3 cm³/mol. The van der Waals surface area contributed by atoms with Crippen molar-refractivity contribution < 1.29 is 0 Å². The molecular weight excluding hydrogens is 236 g/mol. The molecule has 0 amide bonds. The van der Waals surface area contributed by atoms with Gasteiger partial charge in [0.25, 0.3) is 0 Å². The molecule has 4 nitrogen and oxygen atoms in total. The summed E-state index contributed by atoms with van der Waals surface area (Å²) in [6, 6.07) is 7.29. The first-order chi connectivity index (χ1) is 9.33. The Morgan fingerprint density at radius 3 is 3.05 bits per heavy atom. The highest BCUT2D eigenvalue weighted by Gasteiger charge is 2.11. The van der Waals surface area contributed by atoms with E-state index in [2.05, 4.69) is 38.4 Å². The van der Waals surface area contributed by atoms with Crippen LogP contribution >= 0.6 is 0 Å². The number of imidazole rings is 1. The number of aryl methyl sites for hydroxylation is 1. The third kappa shape index (κ3) is 2.96. The van der Waals surface area contributed by atoms with Gasteiger partial charge in [0.1, 0.15) is 0 Å². The Kier molecular flexibility index (Phi) is 3.80. The third-order valence-electron chi connectivity index (χ3n) is 3.98. The van der Waals surface area contributed by atoms with Crippen molar-refractivity contribution in [2.75, 3.05) is 19.6 Å². The average molecular weight is 258 g/mol. The van der Waals surface area contributed by atoms with Gasteiger partial charge in [0, 0.05) is 13.1 Å². The van der Waals surface area contributed by atoms with Crippen molar-refractivity contribution in [3.8, 4) is 0 Å². The predicted octanol–water partition coefficient (Wildman–Crippen LogP) is 1.46. The van der Waals surface area contributed by atoms with E-state index < -0.39 is 0 Å². The Morgan fingerprint density at radius 1 is 1.37 bits per heavy atom. The van der Waals surface area contributed by atoms with E-state index in [0.717, 1.165) is 31.6 Å². The zero-order chi connectivity index (χ0) is 13.1. The topological polar surface area (TPSA) is 41.9 Å². The van der Waals surface area contributed by atoms with Gasteiger partial charge in [-0.25, -0.2) is 4.98 Å². The van der Waals surface area contributed by atoms with Crippen LogP contribution in [-0.4, -0.2) is 35.2 Å². The van der Waals surface area contributed by atoms with Crippen LogP contribution in [0.1, 0.15) is 18.4 Å². The molecule has 0 unspecified atom stereocenters. The van der Waals surface area contributed by atoms with Gasteiger partial charge in [-0.3, -0.25) is 0 Å². The summed E-state index contributed by atoms with van der Waals surface area (Å²) in [6.45, 7) is 3.36. The zero-order valence-corrected chi connectivity index (χ0v) is 11.5. The normalized spacial score (nSPS) is 17.1. The second-order valence-corrected chi connectivity index (χ2v) is 5.41. The summed E-state index contributed by atoms with van der Waals surface area (Å²) >= 11 is 0. The monoisotopic (exact) mass is 258 g/mol. The van der Waals surface area contributed by atoms with E-state index in [4.69, 9.17) is 0 Å². The molecule has 1 saturated heterocycles. The van der Waals surface area contributed by atoms with Gasteiger partial charge in [-0.05, 0) is 56.6 Å². The van der Waals surface area contributed by atoms with E-state index in [9.17, 15) is 0 Å². The van der Waals surface area contributed by atoms with Crippen LogP contribution < -0.4 is 10.6 Å². The van der Waals surface area contributed by atoms with Crippen LogP contribution in [0.15, 0.2) is 24.5 Å². The number of hydrogen-bond donors (Lipinski definition) is 2. The second kappa shape index (κ2) is 5.72. The van der Waals surface area contributed by atoms with E-state index in [0.29, 0.717) is 6.04 Å². The summed E-state index contributed by atoms with van der Waals surface area (Å²) < 4.78 is 2.06. The third-order valence-corrected chi connectivity index (χ3v) is 3.98. The van der Waals surface area contributed by atoms with Crippen molar-refractivity contribution in [1.29, 1.82) is 0 Å². The molecule has 0 bridgehead atoms. The summed E-state index contributed by atoms with van der Waals surface area (Å²) in [4.78, 5) is 4.41. The molecule has 0 spiro atoms. The summed E-state index contributed by atoms with van der Waals surface area (Å²) in [6.07, 6.45) is 5.46. The maximum Gasteiger partial charge on any atom is 0.0955 e. The molecular formula is C15H22N4. The molecule has 19 heavy (non-hydrogen) atoms. The fourth-order valence-electron chi connectivity index (χ4n) is 2.78. The maximum absolute atomic E-state index is 4.41. The van der Waals surface area contributed by atoms with Crippen molar-refractivity contribution in [1.82, 2.24) is 20.2 Å². The highest BCUT2D eigenvalue weighted by atomic mass is 15.0. The number of nitrogens with zero attached hydrogens (tertiary/aromatic N) is 2. The van der Waals surface area contributed by atoms with Crippen molar-refractivity contribution in [3.63, 3.8) is 0 Å². The lowest BCUT2D eigenvalue weighted by Crippen LogP contribution is -2.40. The first-order valence-electron chi connectivity index (χ1n) is 7.17. The number of aromatic nitrogens is 2. The van der Waals surface area contributed by atoms with Crippen LogP contribution in [0.5, 0.6) is 0 Å². The number of hydrogen-bond acceptors (Lipinski definition) is 3. The number of benzene rings is 1. The van der Waals surface area contributed by atoms with Gasteiger partial charge in [0.15, 0.2) is 0 Å². The quantitative estimate of drug-likeness (QED) is 0.872. The number of piperidine rings is 1. The lowest BCUT2D eigenvalue weighted by molar-refractivity contribution is 0.390. The molecule has 2 aromatic rings. The summed E-state index contributed by atoms with van der Waals surface area (Å²) in [5.41, 5.74) is 3.67. The van der Waals surface area contributed by atoms with Crippen molar-refractivity contribution in [2.45, 2.75) is 25.3 Å². The molecule has 1 aliphatic rings. The number of fused-ring (bicyclic) bond motifs is 1. The molecule has 0 radical (unpaired) electrons. The van der Waals surface area contributed by atoms with Crippen molar-refractivity contribution in [2.24, 2.45) is 7.05 Å². The standard InChI is InChI=1S/C15H22N4/c1-19-11-18-14-10-12(2-3-15(14)19)4-9-17-13-5-7-16-8-6-13/h2-3,10-11,13,16-17H,4-9H2,1H3. The fraction of sp³-hybridized carbons (Fsp3) is 0.533. The molecule has 1 aromatic carbocycles. The highest BCUT2D eigenvalue weighted by Crippen LogP contribution is 2.14. The van der Waals surface area contributed by atoms with Gasteiger partial charge in [0.05, 0.1) is 17.4 Å². The van der Waals surface area contributed by atoms with Crippen LogP contribution in [0, 0.1) is 0 Å². The summed E-state index contributed by atoms with van der Waals surface area (Å²) in [5, 5.41) is 7.05. The van der Waals surface area contributed by atoms with E-state index in [1.54, 1.807) is 0 Å². The minimum absolute atomic E-state index is 0.694. The molecule has 0 atom stereocenters. The van der Waals surface area contributed by atoms with Gasteiger partial charge in [-0.15, -0.1) is 0 Å². The minimum atomic E-state index is 0.694. The Labute approximate surface area is 114 Å². The molecule has 3 rings (SSSR count). The lowest BCUT2D eigenvalue weighted by atomic mass is 10.1. The molecule has 0 aliphatic carbocycles. The Balaban J connectivity index is 1.56. The zero-order valence-electron chi connectivity index (χ0n) is 11.5. The molecule has 4 heteroatoms. The molecule has 1 aliphatic heterocycles. The average Bonchev–Trinajstić information content (AvgIpc) is 2.81. The number of rotatable bonds is 4. The second-order valence-electron chi connectivity index (χ2n) is 5.41. The van der Waals surface area contributed by atoms with Gasteiger partial charge >= 0.3 is 0 Å². The van der Waals surface area contributed by atoms with Crippen LogP contribution in [0.3, 0.4) is 0 Å². The smallest absolute Gasteiger partial charge is 0.0955 e. The van der Waals surface area contributed by atoms with E-state index in [1.165, 1.54) is 23.9 Å². The Hall–Kier alpha value is -1.39. The molecule has 102 valence electrons. The van der Waals surface area contributed by atoms with E-state index >= 15 is 0 Å². The molecule has 2 heterocycles. The first kappa shape index (κ1) is 12.6. The van der Waals surface area contributed by atoms with E-state index in [-0.39, 0.29) is 0 Å². The van der Waals surface area contributed by atoms with Gasteiger partial charge in [-0.1, -0.05) is 6.07 Å². The van der Waals surface area contributed by atoms with Crippen molar-refractivity contribution >= 4 is 11.0 Å².